The van der Waals surface area contributed by atoms with Gasteiger partial charge in [-0.05, 0) is 13.8 Å². The highest BCUT2D eigenvalue weighted by Crippen LogP contribution is 1.94. The van der Waals surface area contributed by atoms with Crippen LogP contribution in [0.2, 0.25) is 0 Å². The molecule has 75 heavy (non-hydrogen) atoms. The molecule has 0 saturated carbocycles. The number of carbonyl (C=O) groups is 11. The predicted molar refractivity (Wildman–Crippen MR) is 274 cm³/mol. The van der Waals surface area contributed by atoms with Crippen molar-refractivity contribution in [3.05, 3.63) is 38.5 Å². The molecule has 15 amide bonds. The molecule has 0 aromatic carbocycles. The van der Waals surface area contributed by atoms with Crippen LogP contribution in [0.25, 0.3) is 0 Å². The Hall–Kier alpha value is -9.54. The molecule has 34 heteroatoms. The van der Waals surface area contributed by atoms with Crippen molar-refractivity contribution in [3.63, 3.8) is 0 Å². The van der Waals surface area contributed by atoms with Gasteiger partial charge in [-0.3, -0.25) is 38.7 Å². The zero-order valence-corrected chi connectivity index (χ0v) is 46.8. The first-order valence-corrected chi connectivity index (χ1v) is 20.2. The summed E-state index contributed by atoms with van der Waals surface area (Å²) in [6, 6.07) is -2.26. The van der Waals surface area contributed by atoms with E-state index in [9.17, 15) is 67.1 Å². The number of Topliss-reactive ketones (excluding diaryl/α,β-unsaturated/α-hetero) is 1. The average molecular weight is 1080 g/mol. The monoisotopic (exact) mass is 1080 g/mol. The van der Waals surface area contributed by atoms with Gasteiger partial charge >= 0.3 is 53.3 Å². The number of hydrogen-bond donors (Lipinski definition) is 7. The second kappa shape index (κ2) is 58.8. The summed E-state index contributed by atoms with van der Waals surface area (Å²) in [5, 5.41) is 14.0. The minimum absolute atomic E-state index is 0.00463. The predicted octanol–water partition coefficient (Wildman–Crippen LogP) is -4.53. The van der Waals surface area contributed by atoms with Crippen LogP contribution in [-0.2, 0) is 64.3 Å². The Morgan fingerprint density at radius 2 is 0.680 bits per heavy atom. The van der Waals surface area contributed by atoms with E-state index in [0.717, 1.165) is 33.3 Å². The van der Waals surface area contributed by atoms with Crippen molar-refractivity contribution in [3.8, 4) is 0 Å². The van der Waals surface area contributed by atoms with Gasteiger partial charge in [-0.15, -0.1) is 0 Å². The van der Waals surface area contributed by atoms with Crippen LogP contribution in [0.4, 0.5) is 24.0 Å². The number of amides is 15. The largest absolute Gasteiger partial charge is 0.488 e. The van der Waals surface area contributed by atoms with Crippen molar-refractivity contribution in [2.45, 2.75) is 48.5 Å². The number of aromatic nitrogens is 3. The first kappa shape index (κ1) is 88.4. The van der Waals surface area contributed by atoms with Gasteiger partial charge in [0.1, 0.15) is 12.8 Å². The lowest BCUT2D eigenvalue weighted by Crippen LogP contribution is -2.74. The standard InChI is InChI=1S/C7H13N3O3.C6H9N3O3.2C5H10N2O2.C3H6N2O.2C3H7NO.C3H6O.2C2H3NO.C2H2NO/c1-5(11)9(3)7(13)10(4)6(12)8-2;1-7-4(10)8(2)6(12)9(3)5(7)11;2*1-4(8)7(3)5(9)6-2;1-4-3(6)5-2;2*1-3(5)4-2;1-3(2)4;3*1-3-2-4/h1-4H3,(H,8,12);1-3H3;2*1-3H3,(H,6,9);1H2,2H3,(H,5,6);2*1-2H3,(H,4,5);1-2H3;2*1H3;1H2/q;;;;;;;;;;+1/p+1. The molecule has 0 radical (unpaired) electrons. The number of rotatable bonds is 0. The van der Waals surface area contributed by atoms with Gasteiger partial charge < -0.3 is 31.4 Å². The van der Waals surface area contributed by atoms with Crippen molar-refractivity contribution in [1.29, 1.82) is 0 Å². The molecule has 7 N–H and O–H groups in total. The molecular weight excluding hydrogens is 1000 g/mol. The summed E-state index contributed by atoms with van der Waals surface area (Å²) in [5.41, 5.74) is -1.82. The second-order valence-corrected chi connectivity index (χ2v) is 12.4. The number of nitrogens with one attached hydrogen (secondary N) is 7. The molecule has 34 nitrogen and oxygen atoms in total. The van der Waals surface area contributed by atoms with Crippen molar-refractivity contribution in [2.24, 2.45) is 36.1 Å². The van der Waals surface area contributed by atoms with Crippen molar-refractivity contribution in [2.75, 3.05) is 84.6 Å². The molecule has 1 heterocycles. The fourth-order valence-electron chi connectivity index (χ4n) is 2.24. The number of carbonyl (C=O) groups excluding carboxylic acids is 14. The summed E-state index contributed by atoms with van der Waals surface area (Å²) in [6.07, 6.45) is 3.81. The number of imide groups is 4. The van der Waals surface area contributed by atoms with Crippen molar-refractivity contribution < 1.29 is 72.1 Å². The summed E-state index contributed by atoms with van der Waals surface area (Å²) in [5.74, 6) is -0.778. The lowest BCUT2D eigenvalue weighted by Gasteiger charge is -2.20. The molecule has 0 fully saturated rings. The van der Waals surface area contributed by atoms with Crippen molar-refractivity contribution >= 4 is 90.4 Å². The van der Waals surface area contributed by atoms with Crippen LogP contribution in [0.5, 0.6) is 0 Å². The maximum atomic E-state index is 11.3. The molecule has 0 spiro atoms. The first-order valence-electron chi connectivity index (χ1n) is 20.2. The summed E-state index contributed by atoms with van der Waals surface area (Å²) < 4.78 is 2.63. The third-order valence-electron chi connectivity index (χ3n) is 6.61. The number of aliphatic imine (C=N–C) groups is 3. The topological polar surface area (TPSA) is 441 Å². The van der Waals surface area contributed by atoms with Gasteiger partial charge in [0.2, 0.25) is 41.7 Å². The van der Waals surface area contributed by atoms with E-state index in [1.807, 2.05) is 0 Å². The van der Waals surface area contributed by atoms with Crippen LogP contribution >= 0.6 is 0 Å². The number of isocyanates is 3. The van der Waals surface area contributed by atoms with Gasteiger partial charge in [-0.25, -0.2) is 82.0 Å². The van der Waals surface area contributed by atoms with Crippen molar-refractivity contribution in [1.82, 2.24) is 65.2 Å². The number of hydrogen-bond acceptors (Lipinski definition) is 20. The Morgan fingerprint density at radius 3 is 0.773 bits per heavy atom. The first-order chi connectivity index (χ1) is 34.4. The van der Waals surface area contributed by atoms with Crippen LogP contribution in [0.15, 0.2) is 29.4 Å². The summed E-state index contributed by atoms with van der Waals surface area (Å²) in [4.78, 5) is 188. The SMILES string of the molecule is C=[NH+]C(=O)NC.CC(C)=O.CN=C=O.CN=C=O.CNC(=O)N(C)C(=O)N(C)C(C)=O.CNC(=O)N(C)C(C)=O.CNC(=O)N(C)C(C)=O.CNC(C)=O.CNC(C)=O.Cn1c(=O)n(C)c(=O)n(C)c1=O.[CH2+]N=C=O. The van der Waals surface area contributed by atoms with E-state index < -0.39 is 35.0 Å². The van der Waals surface area contributed by atoms with E-state index in [1.165, 1.54) is 158 Å². The molecule has 0 aliphatic heterocycles. The number of ketones is 1. The molecule has 0 unspecified atom stereocenters. The molecule has 0 atom stereocenters. The molecule has 1 aromatic rings. The van der Waals surface area contributed by atoms with Gasteiger partial charge in [0.15, 0.2) is 0 Å². The Labute approximate surface area is 434 Å². The fraction of sp³-hybridized carbons (Fsp3) is 0.537. The number of nitrogens with zero attached hydrogens (tertiary/aromatic N) is 10. The lowest BCUT2D eigenvalue weighted by atomic mass is 10.6. The Kier molecular flexibility index (Phi) is 69.3. The Morgan fingerprint density at radius 1 is 0.480 bits per heavy atom. The molecule has 0 aliphatic rings. The number of urea groups is 5. The lowest BCUT2D eigenvalue weighted by molar-refractivity contribution is -0.332. The Bertz CT molecular complexity index is 2080. The van der Waals surface area contributed by atoms with Crippen LogP contribution in [0.3, 0.4) is 0 Å². The van der Waals surface area contributed by atoms with E-state index in [0.29, 0.717) is 0 Å². The van der Waals surface area contributed by atoms with E-state index in [2.05, 4.69) is 65.6 Å². The van der Waals surface area contributed by atoms with Gasteiger partial charge in [-0.2, -0.15) is 4.79 Å². The minimum atomic E-state index is -0.660. The zero-order chi connectivity index (χ0) is 62.3. The summed E-state index contributed by atoms with van der Waals surface area (Å²) in [7, 11) is 24.1. The van der Waals surface area contributed by atoms with Gasteiger partial charge in [0.25, 0.3) is 0 Å². The van der Waals surface area contributed by atoms with Gasteiger partial charge in [-0.1, -0.05) is 4.79 Å². The molecule has 0 saturated heterocycles. The smallest absolute Gasteiger partial charge is 0.359 e. The highest BCUT2D eigenvalue weighted by molar-refractivity contribution is 6.00. The quantitative estimate of drug-likeness (QED) is 0.0731. The molecule has 0 bridgehead atoms. The molecule has 0 aliphatic carbocycles. The Balaban J connectivity index is -0.0000000798. The molecule has 1 aromatic heterocycles. The average Bonchev–Trinajstić information content (AvgIpc) is 3.39. The normalized spacial score (nSPS) is 7.65. The maximum Gasteiger partial charge on any atom is 0.488 e. The molecule has 1 rings (SSSR count). The fourth-order valence-corrected chi connectivity index (χ4v) is 2.24. The third-order valence-corrected chi connectivity index (χ3v) is 6.61. The van der Waals surface area contributed by atoms with Gasteiger partial charge in [0, 0.05) is 138 Å². The van der Waals surface area contributed by atoms with Crippen LogP contribution < -0.4 is 54.0 Å². The maximum absolute atomic E-state index is 11.3. The highest BCUT2D eigenvalue weighted by atomic mass is 16.2. The molecular formula is C41H77N17O17+2. The zero-order valence-electron chi connectivity index (χ0n) is 46.8. The van der Waals surface area contributed by atoms with Gasteiger partial charge in [0.05, 0.1) is 13.8 Å². The van der Waals surface area contributed by atoms with Crippen LogP contribution in [0.1, 0.15) is 48.5 Å². The van der Waals surface area contributed by atoms with E-state index >= 15 is 0 Å². The summed E-state index contributed by atoms with van der Waals surface area (Å²) in [6.45, 7) is 13.0. The van der Waals surface area contributed by atoms with Crippen LogP contribution in [0, 0.1) is 7.05 Å². The van der Waals surface area contributed by atoms with Crippen LogP contribution in [-0.4, -0.2) is 208 Å². The second-order valence-electron chi connectivity index (χ2n) is 12.4. The highest BCUT2D eigenvalue weighted by Gasteiger charge is 2.21. The minimum Gasteiger partial charge on any atom is -0.359 e. The van der Waals surface area contributed by atoms with E-state index in [1.54, 1.807) is 14.1 Å². The summed E-state index contributed by atoms with van der Waals surface area (Å²) >= 11 is 0. The van der Waals surface area contributed by atoms with E-state index in [4.69, 9.17) is 14.4 Å². The third kappa shape index (κ3) is 62.4. The van der Waals surface area contributed by atoms with E-state index in [-0.39, 0.29) is 47.5 Å². The molecule has 426 valence electrons.